The van der Waals surface area contributed by atoms with Crippen molar-refractivity contribution in [3.05, 3.63) is 33.8 Å². The summed E-state index contributed by atoms with van der Waals surface area (Å²) in [6.45, 7) is 0. The molecule has 0 fully saturated rings. The highest BCUT2D eigenvalue weighted by Crippen LogP contribution is 2.32. The van der Waals surface area contributed by atoms with Gasteiger partial charge in [-0.15, -0.1) is 0 Å². The number of nitrogens with zero attached hydrogens (tertiary/aromatic N) is 1. The van der Waals surface area contributed by atoms with E-state index in [1.807, 2.05) is 0 Å². The Kier molecular flexibility index (Phi) is 3.97. The van der Waals surface area contributed by atoms with E-state index in [0.29, 0.717) is 15.6 Å². The van der Waals surface area contributed by atoms with E-state index >= 15 is 0 Å². The van der Waals surface area contributed by atoms with Crippen molar-refractivity contribution in [2.24, 2.45) is 0 Å². The second-order valence-corrected chi connectivity index (χ2v) is 4.15. The summed E-state index contributed by atoms with van der Waals surface area (Å²) in [4.78, 5) is 12.6. The lowest BCUT2D eigenvalue weighted by molar-refractivity contribution is -0.142. The Labute approximate surface area is 98.2 Å². The van der Waals surface area contributed by atoms with E-state index in [9.17, 15) is 4.79 Å². The van der Waals surface area contributed by atoms with Gasteiger partial charge in [-0.3, -0.25) is 9.69 Å². The van der Waals surface area contributed by atoms with E-state index < -0.39 is 12.0 Å². The topological polar surface area (TPSA) is 40.5 Å². The normalized spacial score (nSPS) is 12.9. The summed E-state index contributed by atoms with van der Waals surface area (Å²) in [5.74, 6) is -0.977. The smallest absolute Gasteiger partial charge is 0.325 e. The molecule has 82 valence electrons. The van der Waals surface area contributed by atoms with Crippen LogP contribution in [-0.4, -0.2) is 30.1 Å². The molecule has 3 nitrogen and oxygen atoms in total. The van der Waals surface area contributed by atoms with Gasteiger partial charge in [-0.05, 0) is 26.2 Å². The van der Waals surface area contributed by atoms with E-state index in [0.717, 1.165) is 0 Å². The van der Waals surface area contributed by atoms with E-state index in [1.54, 1.807) is 37.2 Å². The first kappa shape index (κ1) is 12.3. The van der Waals surface area contributed by atoms with Gasteiger partial charge in [-0.1, -0.05) is 29.3 Å². The molecule has 0 saturated carbocycles. The van der Waals surface area contributed by atoms with Crippen molar-refractivity contribution >= 4 is 29.2 Å². The number of hydrogen-bond acceptors (Lipinski definition) is 2. The summed E-state index contributed by atoms with van der Waals surface area (Å²) in [7, 11) is 3.33. The molecule has 0 bridgehead atoms. The van der Waals surface area contributed by atoms with Gasteiger partial charge in [0.05, 0.1) is 0 Å². The minimum Gasteiger partial charge on any atom is -0.480 e. The van der Waals surface area contributed by atoms with Crippen molar-refractivity contribution in [3.8, 4) is 0 Å². The van der Waals surface area contributed by atoms with Crippen LogP contribution in [0.5, 0.6) is 0 Å². The first-order valence-electron chi connectivity index (χ1n) is 4.28. The number of halogens is 2. The molecule has 0 spiro atoms. The molecule has 1 aromatic carbocycles. The minimum atomic E-state index is -0.977. The Morgan fingerprint density at radius 3 is 2.13 bits per heavy atom. The molecule has 0 aliphatic carbocycles. The Morgan fingerprint density at radius 2 is 1.80 bits per heavy atom. The van der Waals surface area contributed by atoms with Gasteiger partial charge in [-0.2, -0.15) is 0 Å². The van der Waals surface area contributed by atoms with Gasteiger partial charge >= 0.3 is 5.97 Å². The molecular weight excluding hydrogens is 237 g/mol. The Morgan fingerprint density at radius 1 is 1.33 bits per heavy atom. The highest BCUT2D eigenvalue weighted by molar-refractivity contribution is 6.36. The minimum absolute atomic E-state index is 0.364. The van der Waals surface area contributed by atoms with Gasteiger partial charge in [0.15, 0.2) is 0 Å². The van der Waals surface area contributed by atoms with E-state index in [1.165, 1.54) is 0 Å². The van der Waals surface area contributed by atoms with Crippen LogP contribution in [0.1, 0.15) is 11.6 Å². The lowest BCUT2D eigenvalue weighted by atomic mass is 10.1. The molecule has 1 rings (SSSR count). The van der Waals surface area contributed by atoms with Crippen LogP contribution in [-0.2, 0) is 4.79 Å². The molecule has 0 amide bonds. The summed E-state index contributed by atoms with van der Waals surface area (Å²) in [6, 6.07) is 4.11. The molecule has 0 unspecified atom stereocenters. The van der Waals surface area contributed by atoms with Crippen LogP contribution < -0.4 is 0 Å². The molecule has 15 heavy (non-hydrogen) atoms. The predicted octanol–water partition coefficient (Wildman–Crippen LogP) is 2.68. The van der Waals surface area contributed by atoms with Gasteiger partial charge in [0.1, 0.15) is 6.04 Å². The quantitative estimate of drug-likeness (QED) is 0.893. The summed E-state index contributed by atoms with van der Waals surface area (Å²) < 4.78 is 0. The molecule has 0 aromatic heterocycles. The van der Waals surface area contributed by atoms with Crippen molar-refractivity contribution < 1.29 is 9.90 Å². The number of rotatable bonds is 3. The zero-order valence-electron chi connectivity index (χ0n) is 8.37. The third kappa shape index (κ3) is 2.62. The van der Waals surface area contributed by atoms with Crippen molar-refractivity contribution in [2.45, 2.75) is 6.04 Å². The summed E-state index contributed by atoms with van der Waals surface area (Å²) >= 11 is 11.9. The maximum Gasteiger partial charge on any atom is 0.325 e. The zero-order valence-corrected chi connectivity index (χ0v) is 9.88. The van der Waals surface area contributed by atoms with Crippen LogP contribution in [0.3, 0.4) is 0 Å². The maximum atomic E-state index is 11.1. The van der Waals surface area contributed by atoms with Crippen LogP contribution >= 0.6 is 23.2 Å². The standard InChI is InChI=1S/C10H11Cl2NO2/c1-13(2)9(10(14)15)8-6(11)4-3-5-7(8)12/h3-5,9H,1-2H3,(H,14,15)/t9-/m1/s1. The zero-order chi connectivity index (χ0) is 11.6. The van der Waals surface area contributed by atoms with Crippen LogP contribution in [0.15, 0.2) is 18.2 Å². The maximum absolute atomic E-state index is 11.1. The number of carboxylic acid groups (broad SMARTS) is 1. The largest absolute Gasteiger partial charge is 0.480 e. The first-order chi connectivity index (χ1) is 6.95. The number of likely N-dealkylation sites (N-methyl/N-ethyl adjacent to an activating group) is 1. The van der Waals surface area contributed by atoms with Crippen LogP contribution in [0.4, 0.5) is 0 Å². The van der Waals surface area contributed by atoms with Crippen molar-refractivity contribution in [3.63, 3.8) is 0 Å². The first-order valence-corrected chi connectivity index (χ1v) is 5.04. The van der Waals surface area contributed by atoms with Crippen molar-refractivity contribution in [2.75, 3.05) is 14.1 Å². The van der Waals surface area contributed by atoms with Crippen molar-refractivity contribution in [1.29, 1.82) is 0 Å². The van der Waals surface area contributed by atoms with Crippen molar-refractivity contribution in [1.82, 2.24) is 4.90 Å². The fraction of sp³-hybridized carbons (Fsp3) is 0.300. The molecule has 1 N–H and O–H groups in total. The third-order valence-corrected chi connectivity index (χ3v) is 2.68. The predicted molar refractivity (Wildman–Crippen MR) is 60.5 cm³/mol. The third-order valence-electron chi connectivity index (χ3n) is 2.02. The average molecular weight is 248 g/mol. The van der Waals surface area contributed by atoms with Gasteiger partial charge in [0.25, 0.3) is 0 Å². The highest BCUT2D eigenvalue weighted by Gasteiger charge is 2.26. The fourth-order valence-corrected chi connectivity index (χ4v) is 1.98. The molecule has 0 saturated heterocycles. The molecule has 0 aliphatic rings. The number of hydrogen-bond donors (Lipinski definition) is 1. The monoisotopic (exact) mass is 247 g/mol. The van der Waals surface area contributed by atoms with E-state index in [-0.39, 0.29) is 0 Å². The second-order valence-electron chi connectivity index (χ2n) is 3.34. The van der Waals surface area contributed by atoms with Crippen LogP contribution in [0, 0.1) is 0 Å². The van der Waals surface area contributed by atoms with Crippen LogP contribution in [0.2, 0.25) is 10.0 Å². The van der Waals surface area contributed by atoms with Gasteiger partial charge in [0, 0.05) is 15.6 Å². The SMILES string of the molecule is CN(C)[C@@H](C(=O)O)c1c(Cl)cccc1Cl. The molecule has 1 aromatic rings. The average Bonchev–Trinajstić information content (AvgIpc) is 2.09. The fourth-order valence-electron chi connectivity index (χ4n) is 1.37. The van der Waals surface area contributed by atoms with E-state index in [2.05, 4.69) is 0 Å². The van der Waals surface area contributed by atoms with Gasteiger partial charge in [0.2, 0.25) is 0 Å². The van der Waals surface area contributed by atoms with Gasteiger partial charge < -0.3 is 5.11 Å². The van der Waals surface area contributed by atoms with Crippen LogP contribution in [0.25, 0.3) is 0 Å². The lowest BCUT2D eigenvalue weighted by Crippen LogP contribution is -2.27. The number of aliphatic carboxylic acids is 1. The Balaban J connectivity index is 3.28. The molecule has 0 radical (unpaired) electrons. The van der Waals surface area contributed by atoms with Gasteiger partial charge in [-0.25, -0.2) is 0 Å². The molecule has 5 heteroatoms. The highest BCUT2D eigenvalue weighted by atomic mass is 35.5. The second kappa shape index (κ2) is 4.84. The summed E-state index contributed by atoms with van der Waals surface area (Å²) in [5.41, 5.74) is 0.429. The number of carboxylic acids is 1. The lowest BCUT2D eigenvalue weighted by Gasteiger charge is -2.22. The summed E-state index contributed by atoms with van der Waals surface area (Å²) in [5, 5.41) is 9.82. The Hall–Kier alpha value is -0.770. The molecule has 0 aliphatic heterocycles. The molecule has 1 atom stereocenters. The Bertz CT molecular complexity index is 359. The summed E-state index contributed by atoms with van der Waals surface area (Å²) in [6.07, 6.45) is 0. The molecule has 0 heterocycles. The molecular formula is C10H11Cl2NO2. The number of carbonyl (C=O) groups is 1. The number of benzene rings is 1. The van der Waals surface area contributed by atoms with E-state index in [4.69, 9.17) is 28.3 Å².